The standard InChI is InChI=1S/C14H10F5NO2S/c1-8-2-5-13(12(16)6-8)20-23(21,22)9-3-4-11(15)10(7-9)14(17,18)19/h2-7,20H,1H3. The highest BCUT2D eigenvalue weighted by atomic mass is 32.2. The number of nitrogens with one attached hydrogen (secondary N) is 1. The topological polar surface area (TPSA) is 46.2 Å². The summed E-state index contributed by atoms with van der Waals surface area (Å²) in [5.74, 6) is -2.48. The summed E-state index contributed by atoms with van der Waals surface area (Å²) < 4.78 is 90.7. The fourth-order valence-electron chi connectivity index (χ4n) is 1.80. The van der Waals surface area contributed by atoms with E-state index in [2.05, 4.69) is 0 Å². The van der Waals surface area contributed by atoms with Gasteiger partial charge in [0, 0.05) is 0 Å². The number of hydrogen-bond acceptors (Lipinski definition) is 2. The van der Waals surface area contributed by atoms with Crippen LogP contribution in [0.4, 0.5) is 27.6 Å². The van der Waals surface area contributed by atoms with E-state index < -0.39 is 44.0 Å². The van der Waals surface area contributed by atoms with Crippen molar-refractivity contribution in [3.63, 3.8) is 0 Å². The van der Waals surface area contributed by atoms with Crippen molar-refractivity contribution in [3.05, 3.63) is 59.2 Å². The molecule has 0 spiro atoms. The fourth-order valence-corrected chi connectivity index (χ4v) is 2.89. The monoisotopic (exact) mass is 351 g/mol. The van der Waals surface area contributed by atoms with Crippen molar-refractivity contribution in [3.8, 4) is 0 Å². The summed E-state index contributed by atoms with van der Waals surface area (Å²) in [7, 11) is -4.50. The summed E-state index contributed by atoms with van der Waals surface area (Å²) in [6.07, 6.45) is -5.05. The second kappa shape index (κ2) is 5.80. The molecule has 0 saturated carbocycles. The van der Waals surface area contributed by atoms with E-state index in [-0.39, 0.29) is 6.07 Å². The van der Waals surface area contributed by atoms with Crippen molar-refractivity contribution >= 4 is 15.7 Å². The fraction of sp³-hybridized carbons (Fsp3) is 0.143. The third-order valence-electron chi connectivity index (χ3n) is 2.92. The van der Waals surface area contributed by atoms with Crippen LogP contribution in [0.25, 0.3) is 0 Å². The number of rotatable bonds is 3. The summed E-state index contributed by atoms with van der Waals surface area (Å²) >= 11 is 0. The Kier molecular flexibility index (Phi) is 4.34. The van der Waals surface area contributed by atoms with E-state index in [1.807, 2.05) is 4.72 Å². The average molecular weight is 351 g/mol. The number of sulfonamides is 1. The maximum absolute atomic E-state index is 13.7. The lowest BCUT2D eigenvalue weighted by atomic mass is 10.2. The molecule has 23 heavy (non-hydrogen) atoms. The highest BCUT2D eigenvalue weighted by Gasteiger charge is 2.35. The minimum absolute atomic E-state index is 0.157. The molecule has 0 aromatic heterocycles. The number of hydrogen-bond donors (Lipinski definition) is 1. The molecule has 0 atom stereocenters. The van der Waals surface area contributed by atoms with E-state index in [1.165, 1.54) is 6.07 Å². The molecule has 0 unspecified atom stereocenters. The van der Waals surface area contributed by atoms with Crippen LogP contribution in [0, 0.1) is 18.6 Å². The van der Waals surface area contributed by atoms with Gasteiger partial charge >= 0.3 is 6.18 Å². The highest BCUT2D eigenvalue weighted by Crippen LogP contribution is 2.33. The summed E-state index contributed by atoms with van der Waals surface area (Å²) in [6, 6.07) is 4.83. The van der Waals surface area contributed by atoms with Gasteiger partial charge < -0.3 is 0 Å². The maximum Gasteiger partial charge on any atom is 0.419 e. The van der Waals surface area contributed by atoms with E-state index >= 15 is 0 Å². The number of alkyl halides is 3. The molecule has 3 nitrogen and oxygen atoms in total. The van der Waals surface area contributed by atoms with Crippen LogP contribution < -0.4 is 4.72 Å². The third kappa shape index (κ3) is 3.79. The lowest BCUT2D eigenvalue weighted by Gasteiger charge is -2.12. The van der Waals surface area contributed by atoms with Crippen molar-refractivity contribution < 1.29 is 30.4 Å². The Hall–Kier alpha value is -2.16. The maximum atomic E-state index is 13.7. The van der Waals surface area contributed by atoms with Crippen molar-refractivity contribution in [2.45, 2.75) is 18.0 Å². The number of anilines is 1. The van der Waals surface area contributed by atoms with Gasteiger partial charge in [-0.15, -0.1) is 0 Å². The largest absolute Gasteiger partial charge is 0.419 e. The molecule has 2 aromatic carbocycles. The molecule has 9 heteroatoms. The summed E-state index contributed by atoms with van der Waals surface area (Å²) in [6.45, 7) is 1.58. The van der Waals surface area contributed by atoms with Crippen molar-refractivity contribution in [1.29, 1.82) is 0 Å². The molecule has 2 rings (SSSR count). The zero-order valence-electron chi connectivity index (χ0n) is 11.6. The number of halogens is 5. The van der Waals surface area contributed by atoms with Gasteiger partial charge in [0.25, 0.3) is 10.0 Å². The Morgan fingerprint density at radius 3 is 2.17 bits per heavy atom. The quantitative estimate of drug-likeness (QED) is 0.847. The van der Waals surface area contributed by atoms with Gasteiger partial charge in [-0.3, -0.25) is 4.72 Å². The van der Waals surface area contributed by atoms with Gasteiger partial charge in [-0.1, -0.05) is 6.07 Å². The Morgan fingerprint density at radius 2 is 1.61 bits per heavy atom. The Balaban J connectivity index is 2.44. The van der Waals surface area contributed by atoms with Crippen LogP contribution in [-0.2, 0) is 16.2 Å². The third-order valence-corrected chi connectivity index (χ3v) is 4.29. The molecule has 0 saturated heterocycles. The van der Waals surface area contributed by atoms with E-state index in [0.717, 1.165) is 12.1 Å². The molecule has 1 N–H and O–H groups in total. The molecule has 0 fully saturated rings. The van der Waals surface area contributed by atoms with Crippen molar-refractivity contribution in [1.82, 2.24) is 0 Å². The van der Waals surface area contributed by atoms with Crippen LogP contribution in [0.5, 0.6) is 0 Å². The molecule has 124 valence electrons. The predicted octanol–water partition coefficient (Wildman–Crippen LogP) is 4.09. The zero-order valence-corrected chi connectivity index (χ0v) is 12.4. The lowest BCUT2D eigenvalue weighted by molar-refractivity contribution is -0.140. The van der Waals surface area contributed by atoms with Crippen LogP contribution in [0.1, 0.15) is 11.1 Å². The van der Waals surface area contributed by atoms with Crippen molar-refractivity contribution in [2.24, 2.45) is 0 Å². The van der Waals surface area contributed by atoms with Gasteiger partial charge in [0.15, 0.2) is 0 Å². The Morgan fingerprint density at radius 1 is 0.957 bits per heavy atom. The number of benzene rings is 2. The average Bonchev–Trinajstić information content (AvgIpc) is 2.41. The summed E-state index contributed by atoms with van der Waals surface area (Å²) in [5.41, 5.74) is -1.61. The van der Waals surface area contributed by atoms with Crippen LogP contribution in [0.3, 0.4) is 0 Å². The van der Waals surface area contributed by atoms with E-state index in [1.54, 1.807) is 6.92 Å². The molecule has 0 radical (unpaired) electrons. The molecule has 0 aliphatic heterocycles. The minimum atomic E-state index is -5.05. The van der Waals surface area contributed by atoms with Gasteiger partial charge in [-0.2, -0.15) is 13.2 Å². The predicted molar refractivity (Wildman–Crippen MR) is 73.3 cm³/mol. The molecule has 0 aliphatic carbocycles. The molecule has 0 amide bonds. The minimum Gasteiger partial charge on any atom is -0.277 e. The first kappa shape index (κ1) is 17.2. The van der Waals surface area contributed by atoms with Crippen LogP contribution in [-0.4, -0.2) is 8.42 Å². The lowest BCUT2D eigenvalue weighted by Crippen LogP contribution is -2.16. The van der Waals surface area contributed by atoms with Gasteiger partial charge in [0.05, 0.1) is 16.1 Å². The first-order chi connectivity index (χ1) is 10.5. The molecule has 0 heterocycles. The normalized spacial score (nSPS) is 12.3. The summed E-state index contributed by atoms with van der Waals surface area (Å²) in [5, 5.41) is 0. The molecular weight excluding hydrogens is 341 g/mol. The Bertz CT molecular complexity index is 847. The molecule has 2 aromatic rings. The van der Waals surface area contributed by atoms with E-state index in [0.29, 0.717) is 17.7 Å². The number of aryl methyl sites for hydroxylation is 1. The van der Waals surface area contributed by atoms with Crippen LogP contribution >= 0.6 is 0 Å². The molecular formula is C14H10F5NO2S. The molecule has 0 aliphatic rings. The van der Waals surface area contributed by atoms with Gasteiger partial charge in [-0.25, -0.2) is 17.2 Å². The summed E-state index contributed by atoms with van der Waals surface area (Å²) in [4.78, 5) is -0.828. The first-order valence-electron chi connectivity index (χ1n) is 6.16. The van der Waals surface area contributed by atoms with E-state index in [9.17, 15) is 30.4 Å². The smallest absolute Gasteiger partial charge is 0.277 e. The van der Waals surface area contributed by atoms with Gasteiger partial charge in [0.1, 0.15) is 11.6 Å². The highest BCUT2D eigenvalue weighted by molar-refractivity contribution is 7.92. The Labute approximate surface area is 128 Å². The van der Waals surface area contributed by atoms with Crippen LogP contribution in [0.15, 0.2) is 41.3 Å². The van der Waals surface area contributed by atoms with Gasteiger partial charge in [0.2, 0.25) is 0 Å². The van der Waals surface area contributed by atoms with Crippen molar-refractivity contribution in [2.75, 3.05) is 4.72 Å². The molecule has 0 bridgehead atoms. The zero-order chi connectivity index (χ0) is 17.4. The van der Waals surface area contributed by atoms with Crippen LogP contribution in [0.2, 0.25) is 0 Å². The van der Waals surface area contributed by atoms with E-state index in [4.69, 9.17) is 0 Å². The first-order valence-corrected chi connectivity index (χ1v) is 7.65. The second-order valence-corrected chi connectivity index (χ2v) is 6.41. The SMILES string of the molecule is Cc1ccc(NS(=O)(=O)c2ccc(F)c(C(F)(F)F)c2)c(F)c1. The second-order valence-electron chi connectivity index (χ2n) is 4.73. The van der Waals surface area contributed by atoms with Gasteiger partial charge in [-0.05, 0) is 42.8 Å².